The van der Waals surface area contributed by atoms with Crippen molar-refractivity contribution in [1.82, 2.24) is 20.3 Å². The third-order valence-electron chi connectivity index (χ3n) is 9.03. The van der Waals surface area contributed by atoms with Gasteiger partial charge in [-0.25, -0.2) is 4.39 Å². The quantitative estimate of drug-likeness (QED) is 0.141. The van der Waals surface area contributed by atoms with Gasteiger partial charge < -0.3 is 16.0 Å². The number of H-pyrrole nitrogens is 1. The molecule has 0 unspecified atom stereocenters. The minimum atomic E-state index is -0.772. The van der Waals surface area contributed by atoms with Crippen LogP contribution in [0.4, 0.5) is 4.39 Å². The summed E-state index contributed by atoms with van der Waals surface area (Å²) in [6.07, 6.45) is 0. The monoisotopic (exact) mass is 679 g/mol. The first kappa shape index (κ1) is 38.4. The molecular formula is C42H54FN5O2. The lowest BCUT2D eigenvalue weighted by molar-refractivity contribution is 0.0908. The highest BCUT2D eigenvalue weighted by atomic mass is 19.1. The molecule has 3 heterocycles. The second-order valence-corrected chi connectivity index (χ2v) is 15.7. The molecule has 266 valence electrons. The molecule has 0 saturated heterocycles. The fourth-order valence-electron chi connectivity index (χ4n) is 5.61. The Labute approximate surface area is 296 Å². The Morgan fingerprint density at radius 1 is 0.700 bits per heavy atom. The van der Waals surface area contributed by atoms with Crippen molar-refractivity contribution in [2.45, 2.75) is 118 Å². The van der Waals surface area contributed by atoms with Crippen molar-refractivity contribution < 1.29 is 9.18 Å². The largest absolute Gasteiger partial charge is 0.354 e. The van der Waals surface area contributed by atoms with Crippen LogP contribution in [0, 0.1) is 5.82 Å². The maximum Gasteiger partial charge on any atom is 0.255 e. The summed E-state index contributed by atoms with van der Waals surface area (Å²) in [4.78, 5) is 38.6. The Bertz CT molecular complexity index is 2020. The lowest BCUT2D eigenvalue weighted by Gasteiger charge is -2.29. The summed E-state index contributed by atoms with van der Waals surface area (Å²) in [5.41, 5.74) is 12.0. The van der Waals surface area contributed by atoms with Crippen molar-refractivity contribution >= 4 is 27.7 Å². The number of aromatic nitrogens is 3. The van der Waals surface area contributed by atoms with Gasteiger partial charge in [0.05, 0.1) is 16.6 Å². The summed E-state index contributed by atoms with van der Waals surface area (Å²) in [6.45, 7) is 24.8. The summed E-state index contributed by atoms with van der Waals surface area (Å²) in [5, 5.41) is 3.67. The summed E-state index contributed by atoms with van der Waals surface area (Å²) in [5.74, 6) is 0.0659. The van der Waals surface area contributed by atoms with Crippen LogP contribution in [-0.2, 0) is 11.1 Å². The number of aromatic amines is 1. The molecule has 5 rings (SSSR count). The van der Waals surface area contributed by atoms with Gasteiger partial charge in [0.15, 0.2) is 5.43 Å². The van der Waals surface area contributed by atoms with Crippen molar-refractivity contribution in [3.63, 3.8) is 0 Å². The Balaban J connectivity index is 0.000000295. The maximum atomic E-state index is 15.0. The Hall–Kier alpha value is -4.43. The predicted octanol–water partition coefficient (Wildman–Crippen LogP) is 9.65. The number of hydrogen-bond donors (Lipinski definition) is 3. The average molecular weight is 680 g/mol. The summed E-state index contributed by atoms with van der Waals surface area (Å²) in [6, 6.07) is 17.9. The standard InChI is InChI=1S/C28H30FN3O2.C14H24N2/c1-15(2)23-11-17(12-24(31-23)16(3)4)28(5,6)32-27(34)19-14-25-20(13-21(19)29)26(33)18-9-7-8-10-22(18)30-25;1-9(2)12-7-11(14(5,6)15)8-13(16-12)10(3)4/h7-16H,1-6H3,(H,30,33)(H,32,34);7-10H,15H2,1-6H3. The third kappa shape index (κ3) is 8.64. The highest BCUT2D eigenvalue weighted by Gasteiger charge is 2.27. The molecule has 0 radical (unpaired) electrons. The van der Waals surface area contributed by atoms with Crippen LogP contribution in [0.5, 0.6) is 0 Å². The number of nitrogens with one attached hydrogen (secondary N) is 2. The van der Waals surface area contributed by atoms with Crippen LogP contribution in [-0.4, -0.2) is 20.9 Å². The minimum absolute atomic E-state index is 0.117. The lowest BCUT2D eigenvalue weighted by atomic mass is 9.90. The second-order valence-electron chi connectivity index (χ2n) is 15.7. The number of nitrogens with zero attached hydrogens (tertiary/aromatic N) is 2. The third-order valence-corrected chi connectivity index (χ3v) is 9.03. The molecule has 0 aliphatic carbocycles. The van der Waals surface area contributed by atoms with E-state index >= 15 is 4.39 Å². The maximum absolute atomic E-state index is 15.0. The van der Waals surface area contributed by atoms with Crippen molar-refractivity contribution in [3.8, 4) is 0 Å². The smallest absolute Gasteiger partial charge is 0.255 e. The molecule has 50 heavy (non-hydrogen) atoms. The number of fused-ring (bicyclic) bond motifs is 2. The van der Waals surface area contributed by atoms with Gasteiger partial charge in [0.1, 0.15) is 5.82 Å². The highest BCUT2D eigenvalue weighted by molar-refractivity contribution is 6.00. The first-order chi connectivity index (χ1) is 23.2. The fraction of sp³-hybridized carbons (Fsp3) is 0.429. The average Bonchev–Trinajstić information content (AvgIpc) is 3.04. The van der Waals surface area contributed by atoms with Crippen LogP contribution in [0.3, 0.4) is 0 Å². The number of amides is 1. The fourth-order valence-corrected chi connectivity index (χ4v) is 5.61. The molecule has 5 aromatic rings. The van der Waals surface area contributed by atoms with Gasteiger partial charge in [-0.2, -0.15) is 0 Å². The van der Waals surface area contributed by atoms with Gasteiger partial charge in [-0.1, -0.05) is 67.5 Å². The van der Waals surface area contributed by atoms with Gasteiger partial charge in [-0.15, -0.1) is 0 Å². The topological polar surface area (TPSA) is 114 Å². The molecule has 8 heteroatoms. The Kier molecular flexibility index (Phi) is 11.4. The van der Waals surface area contributed by atoms with Gasteiger partial charge in [0.25, 0.3) is 5.91 Å². The molecule has 0 aliphatic heterocycles. The molecule has 2 aromatic carbocycles. The van der Waals surface area contributed by atoms with E-state index in [1.165, 1.54) is 11.6 Å². The number of para-hydroxylation sites is 1. The molecule has 4 N–H and O–H groups in total. The first-order valence-corrected chi connectivity index (χ1v) is 17.6. The molecule has 0 saturated carbocycles. The first-order valence-electron chi connectivity index (χ1n) is 17.6. The molecule has 0 spiro atoms. The summed E-state index contributed by atoms with van der Waals surface area (Å²) >= 11 is 0. The molecule has 7 nitrogen and oxygen atoms in total. The number of pyridine rings is 3. The zero-order valence-corrected chi connectivity index (χ0v) is 31.7. The molecule has 0 atom stereocenters. The SMILES string of the molecule is CC(C)c1cc(C(C)(C)N)cc(C(C)C)n1.CC(C)c1cc(C(C)(C)NC(=O)c2cc3[nH]c4ccccc4c(=O)c3cc2F)cc(C(C)C)n1. The van der Waals surface area contributed by atoms with Crippen molar-refractivity contribution in [2.24, 2.45) is 5.73 Å². The van der Waals surface area contributed by atoms with Crippen LogP contribution < -0.4 is 16.5 Å². The van der Waals surface area contributed by atoms with Crippen molar-refractivity contribution in [2.75, 3.05) is 0 Å². The van der Waals surface area contributed by atoms with E-state index in [2.05, 4.69) is 77.8 Å². The normalized spacial score (nSPS) is 12.3. The second kappa shape index (κ2) is 14.8. The number of nitrogens with two attached hydrogens (primary N) is 1. The van der Waals surface area contributed by atoms with Crippen LogP contribution in [0.2, 0.25) is 0 Å². The van der Waals surface area contributed by atoms with E-state index < -0.39 is 17.3 Å². The number of carbonyl (C=O) groups excluding carboxylic acids is 1. The van der Waals surface area contributed by atoms with Crippen molar-refractivity contribution in [3.05, 3.63) is 116 Å². The Morgan fingerprint density at radius 2 is 1.16 bits per heavy atom. The zero-order valence-electron chi connectivity index (χ0n) is 31.7. The van der Waals surface area contributed by atoms with E-state index in [0.717, 1.165) is 34.4 Å². The van der Waals surface area contributed by atoms with E-state index in [0.29, 0.717) is 28.3 Å². The summed E-state index contributed by atoms with van der Waals surface area (Å²) in [7, 11) is 0. The van der Waals surface area contributed by atoms with Gasteiger partial charge in [-0.05, 0) is 111 Å². The van der Waals surface area contributed by atoms with E-state index in [9.17, 15) is 9.59 Å². The molecule has 0 fully saturated rings. The van der Waals surface area contributed by atoms with Gasteiger partial charge >= 0.3 is 0 Å². The number of halogens is 1. The van der Waals surface area contributed by atoms with Gasteiger partial charge in [-0.3, -0.25) is 19.6 Å². The number of carbonyl (C=O) groups is 1. The Morgan fingerprint density at radius 3 is 1.62 bits per heavy atom. The minimum Gasteiger partial charge on any atom is -0.354 e. The van der Waals surface area contributed by atoms with Crippen LogP contribution in [0.1, 0.15) is 151 Å². The summed E-state index contributed by atoms with van der Waals surface area (Å²) < 4.78 is 15.0. The molecule has 1 amide bonds. The van der Waals surface area contributed by atoms with E-state index in [-0.39, 0.29) is 33.8 Å². The molecule has 0 bridgehead atoms. The molecule has 0 aliphatic rings. The van der Waals surface area contributed by atoms with E-state index in [1.54, 1.807) is 18.2 Å². The van der Waals surface area contributed by atoms with E-state index in [4.69, 9.17) is 15.7 Å². The molecule has 3 aromatic heterocycles. The van der Waals surface area contributed by atoms with Crippen molar-refractivity contribution in [1.29, 1.82) is 0 Å². The van der Waals surface area contributed by atoms with Crippen LogP contribution in [0.15, 0.2) is 65.5 Å². The lowest BCUT2D eigenvalue weighted by Crippen LogP contribution is -2.41. The van der Waals surface area contributed by atoms with Gasteiger partial charge in [0.2, 0.25) is 0 Å². The number of hydrogen-bond acceptors (Lipinski definition) is 5. The zero-order chi connectivity index (χ0) is 37.3. The van der Waals surface area contributed by atoms with Crippen LogP contribution >= 0.6 is 0 Å². The number of rotatable bonds is 8. The van der Waals surface area contributed by atoms with Crippen LogP contribution in [0.25, 0.3) is 21.8 Å². The number of benzene rings is 2. The van der Waals surface area contributed by atoms with Gasteiger partial charge in [0, 0.05) is 44.6 Å². The highest BCUT2D eigenvalue weighted by Crippen LogP contribution is 2.29. The van der Waals surface area contributed by atoms with E-state index in [1.807, 2.05) is 45.9 Å². The predicted molar refractivity (Wildman–Crippen MR) is 205 cm³/mol. The molecular weight excluding hydrogens is 625 g/mol.